The Balaban J connectivity index is 1.40. The van der Waals surface area contributed by atoms with Crippen LogP contribution >= 0.6 is 23.4 Å². The van der Waals surface area contributed by atoms with Gasteiger partial charge in [-0.05, 0) is 30.8 Å². The molecule has 2 heterocycles. The van der Waals surface area contributed by atoms with E-state index in [0.717, 1.165) is 50.2 Å². The number of carbonyl (C=O) groups excluding carboxylic acids is 1. The van der Waals surface area contributed by atoms with Crippen LogP contribution in [0, 0.1) is 10.1 Å². The van der Waals surface area contributed by atoms with E-state index >= 15 is 0 Å². The van der Waals surface area contributed by atoms with Crippen LogP contribution in [-0.4, -0.2) is 64.4 Å². The summed E-state index contributed by atoms with van der Waals surface area (Å²) in [5.74, 6) is -0.210. The van der Waals surface area contributed by atoms with Crippen molar-refractivity contribution in [2.75, 3.05) is 48.7 Å². The lowest BCUT2D eigenvalue weighted by atomic mass is 10.2. The molecule has 0 radical (unpaired) electrons. The Morgan fingerprint density at radius 2 is 1.97 bits per heavy atom. The van der Waals surface area contributed by atoms with Gasteiger partial charge >= 0.3 is 0 Å². The Labute approximate surface area is 205 Å². The van der Waals surface area contributed by atoms with Gasteiger partial charge in [0.25, 0.3) is 16.8 Å². The second kappa shape index (κ2) is 10.9. The Kier molecular flexibility index (Phi) is 7.66. The zero-order valence-corrected chi connectivity index (χ0v) is 20.0. The molecule has 1 saturated heterocycles. The van der Waals surface area contributed by atoms with Gasteiger partial charge in [-0.1, -0.05) is 42.4 Å². The van der Waals surface area contributed by atoms with Crippen molar-refractivity contribution in [2.45, 2.75) is 12.1 Å². The van der Waals surface area contributed by atoms with E-state index in [2.05, 4.69) is 32.2 Å². The highest BCUT2D eigenvalue weighted by Crippen LogP contribution is 2.32. The number of nitro groups is 1. The topological polar surface area (TPSA) is 118 Å². The van der Waals surface area contributed by atoms with Crippen LogP contribution in [0.2, 0.25) is 5.02 Å². The van der Waals surface area contributed by atoms with Gasteiger partial charge in [-0.15, -0.1) is 10.2 Å². The van der Waals surface area contributed by atoms with Gasteiger partial charge in [0.15, 0.2) is 0 Å². The van der Waals surface area contributed by atoms with Gasteiger partial charge in [0, 0.05) is 37.3 Å². The number of rotatable bonds is 8. The molecule has 4 rings (SSSR count). The predicted octanol–water partition coefficient (Wildman–Crippen LogP) is 4.17. The maximum absolute atomic E-state index is 12.7. The lowest BCUT2D eigenvalue weighted by Gasteiger charge is -2.36. The van der Waals surface area contributed by atoms with Crippen molar-refractivity contribution in [3.05, 3.63) is 57.6 Å². The number of piperazine rings is 1. The molecule has 1 amide bonds. The van der Waals surface area contributed by atoms with Crippen LogP contribution in [0.5, 0.6) is 0 Å². The fraction of sp³-hybridized carbons (Fsp3) is 0.318. The molecule has 10 nitrogen and oxygen atoms in total. The maximum Gasteiger partial charge on any atom is 0.282 e. The number of likely N-dealkylation sites (N-methyl/N-ethyl adjacent to an activating group) is 1. The smallest absolute Gasteiger partial charge is 0.282 e. The minimum atomic E-state index is -0.509. The van der Waals surface area contributed by atoms with Crippen molar-refractivity contribution in [1.82, 2.24) is 15.1 Å². The van der Waals surface area contributed by atoms with Crippen molar-refractivity contribution < 1.29 is 14.1 Å². The van der Waals surface area contributed by atoms with Gasteiger partial charge in [0.2, 0.25) is 5.91 Å². The van der Waals surface area contributed by atoms with Crippen molar-refractivity contribution >= 4 is 46.3 Å². The number of anilines is 2. The van der Waals surface area contributed by atoms with Gasteiger partial charge in [-0.3, -0.25) is 14.9 Å². The number of para-hydroxylation sites is 1. The molecule has 0 unspecified atom stereocenters. The van der Waals surface area contributed by atoms with Crippen LogP contribution in [-0.2, 0) is 4.79 Å². The number of amides is 1. The standard InChI is InChI=1S/C22H23ClN6O4S/c1-2-27-9-11-28(12-10-27)19-8-7-15(23)13-17(19)24-20(30)14-34-22-26-25-21(33-22)16-5-3-4-6-18(16)29(31)32/h3-8,13H,2,9-12,14H2,1H3,(H,24,30). The summed E-state index contributed by atoms with van der Waals surface area (Å²) in [5, 5.41) is 22.6. The number of hydrogen-bond acceptors (Lipinski definition) is 9. The van der Waals surface area contributed by atoms with E-state index < -0.39 is 4.92 Å². The van der Waals surface area contributed by atoms with E-state index in [1.165, 1.54) is 12.1 Å². The summed E-state index contributed by atoms with van der Waals surface area (Å²) in [6.07, 6.45) is 0. The highest BCUT2D eigenvalue weighted by Gasteiger charge is 2.21. The Bertz CT molecular complexity index is 1180. The van der Waals surface area contributed by atoms with E-state index in [1.54, 1.807) is 18.2 Å². The lowest BCUT2D eigenvalue weighted by Crippen LogP contribution is -2.46. The van der Waals surface area contributed by atoms with E-state index in [1.807, 2.05) is 12.1 Å². The van der Waals surface area contributed by atoms with Crippen molar-refractivity contribution in [3.63, 3.8) is 0 Å². The molecule has 0 aliphatic carbocycles. The third-order valence-electron chi connectivity index (χ3n) is 5.46. The monoisotopic (exact) mass is 502 g/mol. The summed E-state index contributed by atoms with van der Waals surface area (Å²) in [4.78, 5) is 28.0. The molecule has 1 fully saturated rings. The summed E-state index contributed by atoms with van der Waals surface area (Å²) < 4.78 is 5.54. The fourth-order valence-corrected chi connectivity index (χ4v) is 4.43. The van der Waals surface area contributed by atoms with Crippen LogP contribution < -0.4 is 10.2 Å². The maximum atomic E-state index is 12.7. The fourth-order valence-electron chi connectivity index (χ4n) is 3.69. The second-order valence-electron chi connectivity index (χ2n) is 7.57. The average molecular weight is 503 g/mol. The zero-order chi connectivity index (χ0) is 24.1. The van der Waals surface area contributed by atoms with Crippen molar-refractivity contribution in [2.24, 2.45) is 0 Å². The number of carbonyl (C=O) groups is 1. The van der Waals surface area contributed by atoms with E-state index in [-0.39, 0.29) is 34.0 Å². The van der Waals surface area contributed by atoms with Crippen LogP contribution in [0.25, 0.3) is 11.5 Å². The number of nitro benzene ring substituents is 1. The Hall–Kier alpha value is -3.15. The molecule has 34 heavy (non-hydrogen) atoms. The molecule has 0 atom stereocenters. The predicted molar refractivity (Wildman–Crippen MR) is 132 cm³/mol. The first-order valence-electron chi connectivity index (χ1n) is 10.7. The Morgan fingerprint density at radius 1 is 1.21 bits per heavy atom. The van der Waals surface area contributed by atoms with Crippen LogP contribution in [0.4, 0.5) is 17.1 Å². The molecule has 178 valence electrons. The minimum Gasteiger partial charge on any atom is -0.411 e. The molecule has 2 aromatic carbocycles. The van der Waals surface area contributed by atoms with Crippen molar-refractivity contribution in [3.8, 4) is 11.5 Å². The number of nitrogens with one attached hydrogen (secondary N) is 1. The molecule has 12 heteroatoms. The first kappa shape index (κ1) is 24.0. The highest BCUT2D eigenvalue weighted by atomic mass is 35.5. The lowest BCUT2D eigenvalue weighted by molar-refractivity contribution is -0.384. The average Bonchev–Trinajstić information content (AvgIpc) is 3.32. The Morgan fingerprint density at radius 3 is 2.71 bits per heavy atom. The summed E-state index contributed by atoms with van der Waals surface area (Å²) in [6, 6.07) is 11.6. The summed E-state index contributed by atoms with van der Waals surface area (Å²) in [7, 11) is 0. The third kappa shape index (κ3) is 5.66. The highest BCUT2D eigenvalue weighted by molar-refractivity contribution is 7.99. The van der Waals surface area contributed by atoms with Gasteiger partial charge in [-0.25, -0.2) is 0 Å². The molecule has 1 aliphatic rings. The summed E-state index contributed by atoms with van der Waals surface area (Å²) in [6.45, 7) is 6.81. The SMILES string of the molecule is CCN1CCN(c2ccc(Cl)cc2NC(=O)CSc2nnc(-c3ccccc3[N+](=O)[O-])o2)CC1. The quantitative estimate of drug-likeness (QED) is 0.275. The second-order valence-corrected chi connectivity index (χ2v) is 8.93. The normalized spacial score (nSPS) is 14.2. The molecule has 3 aromatic rings. The zero-order valence-electron chi connectivity index (χ0n) is 18.4. The van der Waals surface area contributed by atoms with Gasteiger partial charge in [0.1, 0.15) is 5.56 Å². The molecule has 0 bridgehead atoms. The van der Waals surface area contributed by atoms with Crippen molar-refractivity contribution in [1.29, 1.82) is 0 Å². The van der Waals surface area contributed by atoms with Gasteiger partial charge < -0.3 is 19.5 Å². The first-order valence-corrected chi connectivity index (χ1v) is 12.1. The molecular weight excluding hydrogens is 480 g/mol. The number of nitrogens with zero attached hydrogens (tertiary/aromatic N) is 5. The number of halogens is 1. The number of thioether (sulfide) groups is 1. The van der Waals surface area contributed by atoms with E-state index in [4.69, 9.17) is 16.0 Å². The largest absolute Gasteiger partial charge is 0.411 e. The molecular formula is C22H23ClN6O4S. The minimum absolute atomic E-state index is 0.0219. The third-order valence-corrected chi connectivity index (χ3v) is 6.51. The van der Waals surface area contributed by atoms with Gasteiger partial charge in [0.05, 0.1) is 22.1 Å². The number of aromatic nitrogens is 2. The van der Waals surface area contributed by atoms with Gasteiger partial charge in [-0.2, -0.15) is 0 Å². The summed E-state index contributed by atoms with van der Waals surface area (Å²) in [5.41, 5.74) is 1.67. The van der Waals surface area contributed by atoms with Crippen LogP contribution in [0.3, 0.4) is 0 Å². The molecule has 1 aromatic heterocycles. The van der Waals surface area contributed by atoms with E-state index in [0.29, 0.717) is 10.7 Å². The number of benzene rings is 2. The first-order chi connectivity index (χ1) is 16.4. The summed E-state index contributed by atoms with van der Waals surface area (Å²) >= 11 is 7.24. The van der Waals surface area contributed by atoms with E-state index in [9.17, 15) is 14.9 Å². The molecule has 0 saturated carbocycles. The van der Waals surface area contributed by atoms with Crippen LogP contribution in [0.15, 0.2) is 52.1 Å². The molecule has 0 spiro atoms. The molecule has 1 N–H and O–H groups in total. The number of hydrogen-bond donors (Lipinski definition) is 1. The van der Waals surface area contributed by atoms with Crippen LogP contribution in [0.1, 0.15) is 6.92 Å². The molecule has 1 aliphatic heterocycles.